The zero-order valence-electron chi connectivity index (χ0n) is 10.6. The summed E-state index contributed by atoms with van der Waals surface area (Å²) in [6.07, 6.45) is 0. The van der Waals surface area contributed by atoms with Crippen molar-refractivity contribution in [2.75, 3.05) is 18.2 Å². The average molecular weight is 281 g/mol. The largest absolute Gasteiger partial charge is 0.495 e. The molecule has 0 radical (unpaired) electrons. The second-order valence-electron chi connectivity index (χ2n) is 4.18. The van der Waals surface area contributed by atoms with Crippen LogP contribution in [-0.2, 0) is 0 Å². The Labute approximate surface area is 116 Å². The Morgan fingerprint density at radius 2 is 1.95 bits per heavy atom. The quantitative estimate of drug-likeness (QED) is 0.831. The topological polar surface area (TPSA) is 47.3 Å². The molecule has 0 bridgehead atoms. The number of nitrogen functional groups attached to an aromatic ring is 1. The van der Waals surface area contributed by atoms with E-state index in [2.05, 4.69) is 5.32 Å². The van der Waals surface area contributed by atoms with Crippen molar-refractivity contribution < 1.29 is 9.13 Å². The SMILES string of the molecule is COc1cc(Nc2cc(C)ccc2Cl)c(F)cc1N. The molecule has 2 aromatic rings. The van der Waals surface area contributed by atoms with E-state index in [1.165, 1.54) is 19.2 Å². The van der Waals surface area contributed by atoms with E-state index in [0.717, 1.165) is 5.56 Å². The van der Waals surface area contributed by atoms with Gasteiger partial charge in [0, 0.05) is 12.1 Å². The van der Waals surface area contributed by atoms with Crippen molar-refractivity contribution in [3.05, 3.63) is 46.7 Å². The van der Waals surface area contributed by atoms with Crippen LogP contribution in [0, 0.1) is 12.7 Å². The van der Waals surface area contributed by atoms with Crippen molar-refractivity contribution in [1.82, 2.24) is 0 Å². The smallest absolute Gasteiger partial charge is 0.148 e. The highest BCUT2D eigenvalue weighted by Crippen LogP contribution is 2.32. The van der Waals surface area contributed by atoms with Gasteiger partial charge in [-0.3, -0.25) is 0 Å². The molecule has 0 aliphatic heterocycles. The summed E-state index contributed by atoms with van der Waals surface area (Å²) in [6.45, 7) is 1.93. The Balaban J connectivity index is 2.40. The first kappa shape index (κ1) is 13.5. The number of halogens is 2. The van der Waals surface area contributed by atoms with E-state index in [4.69, 9.17) is 22.1 Å². The van der Waals surface area contributed by atoms with Crippen LogP contribution >= 0.6 is 11.6 Å². The third kappa shape index (κ3) is 2.90. The predicted octanol–water partition coefficient (Wildman–Crippen LogP) is 4.12. The van der Waals surface area contributed by atoms with Gasteiger partial charge in [-0.2, -0.15) is 0 Å². The summed E-state index contributed by atoms with van der Waals surface area (Å²) in [5.74, 6) is -0.0523. The molecule has 0 aromatic heterocycles. The predicted molar refractivity (Wildman–Crippen MR) is 76.8 cm³/mol. The number of methoxy groups -OCH3 is 1. The van der Waals surface area contributed by atoms with Crippen molar-refractivity contribution in [1.29, 1.82) is 0 Å². The molecule has 0 unspecified atom stereocenters. The Hall–Kier alpha value is -1.94. The van der Waals surface area contributed by atoms with Crippen LogP contribution < -0.4 is 15.8 Å². The molecule has 2 aromatic carbocycles. The third-order valence-electron chi connectivity index (χ3n) is 2.71. The molecule has 0 aliphatic rings. The first-order valence-corrected chi connectivity index (χ1v) is 6.05. The van der Waals surface area contributed by atoms with Crippen molar-refractivity contribution in [2.24, 2.45) is 0 Å². The van der Waals surface area contributed by atoms with Crippen molar-refractivity contribution in [3.8, 4) is 5.75 Å². The Morgan fingerprint density at radius 1 is 1.21 bits per heavy atom. The maximum absolute atomic E-state index is 13.8. The molecule has 0 heterocycles. The van der Waals surface area contributed by atoms with E-state index in [0.29, 0.717) is 16.5 Å². The van der Waals surface area contributed by atoms with Crippen LogP contribution in [0.4, 0.5) is 21.5 Å². The molecule has 100 valence electrons. The molecule has 2 rings (SSSR count). The number of nitrogens with one attached hydrogen (secondary N) is 1. The van der Waals surface area contributed by atoms with Crippen molar-refractivity contribution >= 4 is 28.7 Å². The fraction of sp³-hybridized carbons (Fsp3) is 0.143. The van der Waals surface area contributed by atoms with Gasteiger partial charge in [-0.05, 0) is 24.6 Å². The minimum absolute atomic E-state index is 0.251. The van der Waals surface area contributed by atoms with Crippen LogP contribution in [0.15, 0.2) is 30.3 Å². The molecule has 0 fully saturated rings. The van der Waals surface area contributed by atoms with Crippen LogP contribution in [-0.4, -0.2) is 7.11 Å². The molecular formula is C14H14ClFN2O. The fourth-order valence-corrected chi connectivity index (χ4v) is 1.89. The van der Waals surface area contributed by atoms with E-state index in [1.807, 2.05) is 19.1 Å². The van der Waals surface area contributed by atoms with E-state index in [-0.39, 0.29) is 11.4 Å². The van der Waals surface area contributed by atoms with E-state index < -0.39 is 5.82 Å². The normalized spacial score (nSPS) is 10.3. The van der Waals surface area contributed by atoms with Gasteiger partial charge >= 0.3 is 0 Å². The molecule has 0 spiro atoms. The van der Waals surface area contributed by atoms with E-state index in [9.17, 15) is 4.39 Å². The van der Waals surface area contributed by atoms with E-state index in [1.54, 1.807) is 6.07 Å². The van der Waals surface area contributed by atoms with Gasteiger partial charge in [0.25, 0.3) is 0 Å². The number of rotatable bonds is 3. The summed E-state index contributed by atoms with van der Waals surface area (Å²) in [5.41, 5.74) is 7.80. The molecule has 0 saturated heterocycles. The number of ether oxygens (including phenoxy) is 1. The average Bonchev–Trinajstić information content (AvgIpc) is 2.37. The van der Waals surface area contributed by atoms with Gasteiger partial charge in [-0.1, -0.05) is 17.7 Å². The van der Waals surface area contributed by atoms with E-state index >= 15 is 0 Å². The fourth-order valence-electron chi connectivity index (χ4n) is 1.72. The maximum Gasteiger partial charge on any atom is 0.148 e. The lowest BCUT2D eigenvalue weighted by Crippen LogP contribution is -1.99. The summed E-state index contributed by atoms with van der Waals surface area (Å²) >= 11 is 6.06. The second-order valence-corrected chi connectivity index (χ2v) is 4.59. The number of aryl methyl sites for hydroxylation is 1. The van der Waals surface area contributed by atoms with Gasteiger partial charge in [-0.15, -0.1) is 0 Å². The summed E-state index contributed by atoms with van der Waals surface area (Å²) < 4.78 is 18.9. The van der Waals surface area contributed by atoms with Gasteiger partial charge in [0.1, 0.15) is 11.6 Å². The van der Waals surface area contributed by atoms with Gasteiger partial charge in [0.15, 0.2) is 0 Å². The highest BCUT2D eigenvalue weighted by molar-refractivity contribution is 6.33. The molecule has 0 atom stereocenters. The summed E-state index contributed by atoms with van der Waals surface area (Å²) in [6, 6.07) is 8.19. The molecular weight excluding hydrogens is 267 g/mol. The maximum atomic E-state index is 13.8. The van der Waals surface area contributed by atoms with Crippen molar-refractivity contribution in [3.63, 3.8) is 0 Å². The van der Waals surface area contributed by atoms with Crippen LogP contribution in [0.5, 0.6) is 5.75 Å². The van der Waals surface area contributed by atoms with Gasteiger partial charge in [0.05, 0.1) is 29.2 Å². The lowest BCUT2D eigenvalue weighted by Gasteiger charge is -2.13. The highest BCUT2D eigenvalue weighted by Gasteiger charge is 2.10. The molecule has 0 saturated carbocycles. The summed E-state index contributed by atoms with van der Waals surface area (Å²) in [4.78, 5) is 0. The van der Waals surface area contributed by atoms with Gasteiger partial charge < -0.3 is 15.8 Å². The summed E-state index contributed by atoms with van der Waals surface area (Å²) in [7, 11) is 1.48. The van der Waals surface area contributed by atoms with Crippen LogP contribution in [0.2, 0.25) is 5.02 Å². The van der Waals surface area contributed by atoms with Crippen molar-refractivity contribution in [2.45, 2.75) is 6.92 Å². The molecule has 3 N–H and O–H groups in total. The zero-order valence-corrected chi connectivity index (χ0v) is 11.4. The standard InChI is InChI=1S/C14H14ClFN2O/c1-8-3-4-9(15)12(5-8)18-13-7-14(19-2)11(17)6-10(13)16/h3-7,18H,17H2,1-2H3. The molecule has 0 aliphatic carbocycles. The summed E-state index contributed by atoms with van der Waals surface area (Å²) in [5, 5.41) is 3.46. The molecule has 0 amide bonds. The number of anilines is 3. The Kier molecular flexibility index (Phi) is 3.81. The monoisotopic (exact) mass is 280 g/mol. The number of nitrogens with two attached hydrogens (primary N) is 1. The van der Waals surface area contributed by atoms with Crippen LogP contribution in [0.1, 0.15) is 5.56 Å². The zero-order chi connectivity index (χ0) is 14.0. The lowest BCUT2D eigenvalue weighted by atomic mass is 10.2. The first-order valence-electron chi connectivity index (χ1n) is 5.67. The minimum Gasteiger partial charge on any atom is -0.495 e. The van der Waals surface area contributed by atoms with Gasteiger partial charge in [-0.25, -0.2) is 4.39 Å². The first-order chi connectivity index (χ1) is 9.01. The number of hydrogen-bond donors (Lipinski definition) is 2. The molecule has 3 nitrogen and oxygen atoms in total. The molecule has 5 heteroatoms. The van der Waals surface area contributed by atoms with Crippen LogP contribution in [0.3, 0.4) is 0 Å². The third-order valence-corrected chi connectivity index (χ3v) is 3.04. The Bertz CT molecular complexity index is 617. The lowest BCUT2D eigenvalue weighted by molar-refractivity contribution is 0.416. The second kappa shape index (κ2) is 5.36. The van der Waals surface area contributed by atoms with Gasteiger partial charge in [0.2, 0.25) is 0 Å². The number of hydrogen-bond acceptors (Lipinski definition) is 3. The van der Waals surface area contributed by atoms with Crippen LogP contribution in [0.25, 0.3) is 0 Å². The Morgan fingerprint density at radius 3 is 2.63 bits per heavy atom. The minimum atomic E-state index is -0.462. The number of benzene rings is 2. The highest BCUT2D eigenvalue weighted by atomic mass is 35.5. The molecule has 19 heavy (non-hydrogen) atoms.